The van der Waals surface area contributed by atoms with Gasteiger partial charge in [0.25, 0.3) is 0 Å². The normalized spacial score (nSPS) is 40.3. The van der Waals surface area contributed by atoms with Crippen LogP contribution in [0.25, 0.3) is 0 Å². The summed E-state index contributed by atoms with van der Waals surface area (Å²) >= 11 is 0. The Balaban J connectivity index is 2.63. The molecule has 1 fully saturated rings. The molecule has 76 valence electrons. The molecule has 0 aromatic carbocycles. The van der Waals surface area contributed by atoms with Gasteiger partial charge in [-0.1, -0.05) is 12.2 Å². The molecule has 1 aliphatic carbocycles. The van der Waals surface area contributed by atoms with Gasteiger partial charge in [0.1, 0.15) is 0 Å². The van der Waals surface area contributed by atoms with Crippen molar-refractivity contribution in [2.24, 2.45) is 5.92 Å². The molecule has 1 aliphatic rings. The summed E-state index contributed by atoms with van der Waals surface area (Å²) in [5, 5.41) is 13.2. The van der Waals surface area contributed by atoms with Crippen LogP contribution in [0.15, 0.2) is 12.2 Å². The number of rotatable bonds is 2. The zero-order chi connectivity index (χ0) is 10.1. The van der Waals surface area contributed by atoms with Gasteiger partial charge in [0.2, 0.25) is 0 Å². The maximum Gasteiger partial charge on any atom is 0.0772 e. The van der Waals surface area contributed by atoms with Gasteiger partial charge in [-0.05, 0) is 46.1 Å². The molecule has 2 N–H and O–H groups in total. The van der Waals surface area contributed by atoms with E-state index in [1.54, 1.807) is 0 Å². The molecule has 0 heterocycles. The van der Waals surface area contributed by atoms with Crippen molar-refractivity contribution in [1.82, 2.24) is 5.32 Å². The number of allylic oxidation sites excluding steroid dienone is 1. The summed E-state index contributed by atoms with van der Waals surface area (Å²) in [6.07, 6.45) is 2.95. The predicted octanol–water partition coefficient (Wildman–Crippen LogP) is 1.70. The van der Waals surface area contributed by atoms with E-state index in [1.807, 2.05) is 14.0 Å². The first-order valence-corrected chi connectivity index (χ1v) is 5.02. The van der Waals surface area contributed by atoms with Gasteiger partial charge in [0.05, 0.1) is 5.60 Å². The Morgan fingerprint density at radius 3 is 2.69 bits per heavy atom. The zero-order valence-electron chi connectivity index (χ0n) is 8.93. The van der Waals surface area contributed by atoms with E-state index in [9.17, 15) is 5.11 Å². The molecule has 0 aliphatic heterocycles. The minimum Gasteiger partial charge on any atom is -0.389 e. The van der Waals surface area contributed by atoms with Gasteiger partial charge in [-0.2, -0.15) is 0 Å². The first kappa shape index (κ1) is 10.7. The van der Waals surface area contributed by atoms with Crippen molar-refractivity contribution in [3.8, 4) is 0 Å². The average molecular weight is 183 g/mol. The molecule has 0 bridgehead atoms. The summed E-state index contributed by atoms with van der Waals surface area (Å²) in [7, 11) is 1.92. The van der Waals surface area contributed by atoms with Gasteiger partial charge in [0.15, 0.2) is 0 Å². The zero-order valence-corrected chi connectivity index (χ0v) is 8.93. The molecular weight excluding hydrogens is 162 g/mol. The second kappa shape index (κ2) is 3.81. The largest absolute Gasteiger partial charge is 0.389 e. The predicted molar refractivity (Wildman–Crippen MR) is 55.6 cm³/mol. The van der Waals surface area contributed by atoms with Crippen molar-refractivity contribution >= 4 is 0 Å². The summed E-state index contributed by atoms with van der Waals surface area (Å²) in [5.41, 5.74) is 0.705. The van der Waals surface area contributed by atoms with Crippen LogP contribution in [0.5, 0.6) is 0 Å². The summed E-state index contributed by atoms with van der Waals surface area (Å²) in [5.74, 6) is 0.581. The van der Waals surface area contributed by atoms with Crippen molar-refractivity contribution in [1.29, 1.82) is 0 Å². The first-order valence-electron chi connectivity index (χ1n) is 5.02. The number of likely N-dealkylation sites (N-methyl/N-ethyl adjacent to an activating group) is 1. The molecule has 3 atom stereocenters. The summed E-state index contributed by atoms with van der Waals surface area (Å²) in [4.78, 5) is 0. The van der Waals surface area contributed by atoms with Crippen molar-refractivity contribution in [2.75, 3.05) is 7.05 Å². The van der Waals surface area contributed by atoms with Crippen molar-refractivity contribution in [3.05, 3.63) is 12.2 Å². The van der Waals surface area contributed by atoms with E-state index in [4.69, 9.17) is 0 Å². The molecule has 0 saturated heterocycles. The Morgan fingerprint density at radius 1 is 1.62 bits per heavy atom. The summed E-state index contributed by atoms with van der Waals surface area (Å²) in [6.45, 7) is 7.99. The Labute approximate surface area is 81.0 Å². The Kier molecular flexibility index (Phi) is 3.14. The van der Waals surface area contributed by atoms with E-state index in [0.29, 0.717) is 5.92 Å². The number of nitrogens with one attached hydrogen (secondary N) is 1. The molecular formula is C11H21NO. The van der Waals surface area contributed by atoms with Crippen LogP contribution in [-0.2, 0) is 0 Å². The van der Waals surface area contributed by atoms with E-state index in [-0.39, 0.29) is 6.04 Å². The van der Waals surface area contributed by atoms with Crippen LogP contribution in [-0.4, -0.2) is 23.8 Å². The van der Waals surface area contributed by atoms with Crippen LogP contribution in [0.1, 0.15) is 33.1 Å². The molecule has 0 unspecified atom stereocenters. The van der Waals surface area contributed by atoms with Crippen LogP contribution in [0.4, 0.5) is 0 Å². The summed E-state index contributed by atoms with van der Waals surface area (Å²) in [6, 6.07) is 0.211. The third-order valence-corrected chi connectivity index (χ3v) is 3.32. The van der Waals surface area contributed by atoms with Gasteiger partial charge in [-0.25, -0.2) is 0 Å². The van der Waals surface area contributed by atoms with Crippen LogP contribution < -0.4 is 5.32 Å². The lowest BCUT2D eigenvalue weighted by molar-refractivity contribution is -0.0173. The van der Waals surface area contributed by atoms with E-state index in [1.165, 1.54) is 5.57 Å². The van der Waals surface area contributed by atoms with E-state index >= 15 is 0 Å². The highest BCUT2D eigenvalue weighted by Gasteiger charge is 2.37. The molecule has 0 aromatic heterocycles. The number of aliphatic hydroxyl groups is 1. The molecule has 0 radical (unpaired) electrons. The highest BCUT2D eigenvalue weighted by Crippen LogP contribution is 2.34. The van der Waals surface area contributed by atoms with Gasteiger partial charge in [-0.3, -0.25) is 0 Å². The van der Waals surface area contributed by atoms with Crippen molar-refractivity contribution in [2.45, 2.75) is 44.8 Å². The SMILES string of the molecule is C=C(C)[C@@H]1CC[C@](C)(O)[C@@H](NC)C1. The fraction of sp³-hybridized carbons (Fsp3) is 0.818. The van der Waals surface area contributed by atoms with Gasteiger partial charge < -0.3 is 10.4 Å². The third-order valence-electron chi connectivity index (χ3n) is 3.32. The smallest absolute Gasteiger partial charge is 0.0772 e. The van der Waals surface area contributed by atoms with Crippen LogP contribution in [0.2, 0.25) is 0 Å². The lowest BCUT2D eigenvalue weighted by atomic mass is 9.74. The minimum absolute atomic E-state index is 0.211. The van der Waals surface area contributed by atoms with Crippen molar-refractivity contribution < 1.29 is 5.11 Å². The van der Waals surface area contributed by atoms with Crippen molar-refractivity contribution in [3.63, 3.8) is 0 Å². The topological polar surface area (TPSA) is 32.3 Å². The minimum atomic E-state index is -0.541. The third kappa shape index (κ3) is 2.32. The van der Waals surface area contributed by atoms with E-state index in [0.717, 1.165) is 19.3 Å². The van der Waals surface area contributed by atoms with Gasteiger partial charge >= 0.3 is 0 Å². The Bertz CT molecular complexity index is 198. The quantitative estimate of drug-likeness (QED) is 0.639. The second-order valence-corrected chi connectivity index (χ2v) is 4.52. The fourth-order valence-electron chi connectivity index (χ4n) is 2.17. The molecule has 13 heavy (non-hydrogen) atoms. The molecule has 0 aromatic rings. The molecule has 1 saturated carbocycles. The highest BCUT2D eigenvalue weighted by molar-refractivity contribution is 5.04. The molecule has 2 heteroatoms. The lowest BCUT2D eigenvalue weighted by Crippen LogP contribution is -2.51. The maximum atomic E-state index is 10.0. The standard InChI is InChI=1S/C11H21NO/c1-8(2)9-5-6-11(3,13)10(7-9)12-4/h9-10,12-13H,1,5-7H2,2-4H3/t9-,10+,11+/m1/s1. The van der Waals surface area contributed by atoms with E-state index in [2.05, 4.69) is 18.8 Å². The number of hydrogen-bond donors (Lipinski definition) is 2. The Hall–Kier alpha value is -0.340. The molecule has 0 amide bonds. The Morgan fingerprint density at radius 2 is 2.23 bits per heavy atom. The molecule has 0 spiro atoms. The molecule has 1 rings (SSSR count). The molecule has 2 nitrogen and oxygen atoms in total. The lowest BCUT2D eigenvalue weighted by Gasteiger charge is -2.41. The fourth-order valence-corrected chi connectivity index (χ4v) is 2.17. The van der Waals surface area contributed by atoms with Crippen LogP contribution >= 0.6 is 0 Å². The summed E-state index contributed by atoms with van der Waals surface area (Å²) < 4.78 is 0. The average Bonchev–Trinajstić information content (AvgIpc) is 2.03. The number of hydrogen-bond acceptors (Lipinski definition) is 2. The van der Waals surface area contributed by atoms with Gasteiger partial charge in [-0.15, -0.1) is 0 Å². The van der Waals surface area contributed by atoms with Crippen LogP contribution in [0.3, 0.4) is 0 Å². The van der Waals surface area contributed by atoms with Gasteiger partial charge in [0, 0.05) is 6.04 Å². The highest BCUT2D eigenvalue weighted by atomic mass is 16.3. The van der Waals surface area contributed by atoms with Crippen LogP contribution in [0, 0.1) is 5.92 Å². The van der Waals surface area contributed by atoms with E-state index < -0.39 is 5.60 Å². The first-order chi connectivity index (χ1) is 5.97. The monoisotopic (exact) mass is 183 g/mol. The second-order valence-electron chi connectivity index (χ2n) is 4.52. The maximum absolute atomic E-state index is 10.0.